The molecular weight excluding hydrogens is 446 g/mol. The summed E-state index contributed by atoms with van der Waals surface area (Å²) in [7, 11) is -2.17. The number of carbonyl (C=O) groups is 1. The summed E-state index contributed by atoms with van der Waals surface area (Å²) in [4.78, 5) is 19.3. The molecule has 33 heavy (non-hydrogen) atoms. The summed E-state index contributed by atoms with van der Waals surface area (Å²) in [5.41, 5.74) is 11.4. The van der Waals surface area contributed by atoms with Crippen LogP contribution in [-0.2, 0) is 17.5 Å². The third-order valence-corrected chi connectivity index (χ3v) is 4.58. The maximum atomic E-state index is 13.6. The van der Waals surface area contributed by atoms with Crippen molar-refractivity contribution in [2.24, 2.45) is 0 Å². The molecule has 8 N–H and O–H groups in total. The van der Waals surface area contributed by atoms with Gasteiger partial charge in [0, 0.05) is 17.1 Å². The van der Waals surface area contributed by atoms with Gasteiger partial charge in [-0.1, -0.05) is 18.2 Å². The van der Waals surface area contributed by atoms with Gasteiger partial charge in [0.25, 0.3) is 0 Å². The summed E-state index contributed by atoms with van der Waals surface area (Å²) in [5.74, 6) is -1.20. The van der Waals surface area contributed by atoms with E-state index < -0.39 is 31.6 Å². The summed E-state index contributed by atoms with van der Waals surface area (Å²) in [6.45, 7) is -0.439. The number of alkyl halides is 3. The van der Waals surface area contributed by atoms with Gasteiger partial charge in [0.1, 0.15) is 12.4 Å². The zero-order valence-electron chi connectivity index (χ0n) is 16.7. The molecule has 2 aromatic heterocycles. The zero-order valence-corrected chi connectivity index (χ0v) is 16.7. The first-order valence-corrected chi connectivity index (χ1v) is 9.17. The van der Waals surface area contributed by atoms with E-state index in [1.54, 1.807) is 6.07 Å². The number of aliphatic carboxylic acids is 1. The molecule has 172 valence electrons. The zero-order chi connectivity index (χ0) is 24.5. The Morgan fingerprint density at radius 1 is 1.06 bits per heavy atom. The second-order valence-corrected chi connectivity index (χ2v) is 6.77. The van der Waals surface area contributed by atoms with Crippen molar-refractivity contribution in [1.82, 2.24) is 14.5 Å². The van der Waals surface area contributed by atoms with E-state index in [4.69, 9.17) is 26.5 Å². The van der Waals surface area contributed by atoms with E-state index in [0.717, 1.165) is 6.07 Å². The molecule has 14 heteroatoms. The van der Waals surface area contributed by atoms with Crippen LogP contribution in [0, 0.1) is 0 Å². The lowest BCUT2D eigenvalue weighted by molar-refractivity contribution is -0.138. The van der Waals surface area contributed by atoms with Crippen LogP contribution in [0.3, 0.4) is 0 Å². The number of nitrogens with two attached hydrogens (primary N) is 2. The number of aromatic nitrogens is 3. The minimum absolute atomic E-state index is 0.0567. The fourth-order valence-corrected chi connectivity index (χ4v) is 3.52. The summed E-state index contributed by atoms with van der Waals surface area (Å²) in [6, 6.07) is 8.08. The van der Waals surface area contributed by atoms with Crippen molar-refractivity contribution in [3.05, 3.63) is 48.2 Å². The average Bonchev–Trinajstić information content (AvgIpc) is 3.08. The molecule has 0 aliphatic carbocycles. The monoisotopic (exact) mass is 463 g/mol. The number of nitrogen functional groups attached to an aromatic ring is 2. The smallest absolute Gasteiger partial charge is 0.480 e. The molecule has 0 saturated heterocycles. The second kappa shape index (κ2) is 8.93. The Hall–Kier alpha value is -3.88. The maximum absolute atomic E-state index is 13.6. The molecule has 0 atom stereocenters. The van der Waals surface area contributed by atoms with Gasteiger partial charge in [-0.3, -0.25) is 4.79 Å². The Labute approximate surface area is 183 Å². The van der Waals surface area contributed by atoms with E-state index in [1.165, 1.54) is 35.0 Å². The van der Waals surface area contributed by atoms with Gasteiger partial charge in [0.2, 0.25) is 5.95 Å². The second-order valence-electron chi connectivity index (χ2n) is 6.77. The van der Waals surface area contributed by atoms with Crippen LogP contribution in [0.2, 0.25) is 0 Å². The first-order chi connectivity index (χ1) is 15.4. The molecule has 4 rings (SSSR count). The lowest BCUT2D eigenvalue weighted by Gasteiger charge is -2.16. The van der Waals surface area contributed by atoms with E-state index in [2.05, 4.69) is 9.97 Å². The quantitative estimate of drug-likeness (QED) is 0.245. The molecule has 0 saturated carbocycles. The molecule has 0 bridgehead atoms. The number of anilines is 2. The molecule has 2 aromatic carbocycles. The van der Waals surface area contributed by atoms with Crippen LogP contribution in [0.1, 0.15) is 5.56 Å². The number of carboxylic acid groups (broad SMARTS) is 1. The fourth-order valence-electron chi connectivity index (χ4n) is 3.52. The summed E-state index contributed by atoms with van der Waals surface area (Å²) in [5, 5.41) is 31.6. The Balaban J connectivity index is 0.000000709. The average molecular weight is 463 g/mol. The highest BCUT2D eigenvalue weighted by Gasteiger charge is 2.34. The van der Waals surface area contributed by atoms with E-state index in [1.807, 2.05) is 0 Å². The topological polar surface area (TPSA) is 181 Å². The third-order valence-electron chi connectivity index (χ3n) is 4.58. The standard InChI is InChI=1S/C19H14F3N5O2.BH3O3/c20-19(21,22)12-4-2-1-3-9(12)11-7-13-15(17(23)26-18(24)25-13)10-5-6-27(16(10)11)8-14(28)29;2-1(3)4/h1-7H,8H2,(H,28,29)(H4,23,24,25,26);2-4H. The Morgan fingerprint density at radius 3 is 2.30 bits per heavy atom. The molecule has 4 aromatic rings. The summed E-state index contributed by atoms with van der Waals surface area (Å²) < 4.78 is 42.3. The number of nitrogens with zero attached hydrogens (tertiary/aromatic N) is 3. The molecule has 0 aliphatic rings. The molecule has 10 nitrogen and oxygen atoms in total. The Bertz CT molecular complexity index is 1340. The van der Waals surface area contributed by atoms with E-state index in [-0.39, 0.29) is 33.9 Å². The van der Waals surface area contributed by atoms with Gasteiger partial charge in [-0.2, -0.15) is 18.2 Å². The van der Waals surface area contributed by atoms with Gasteiger partial charge in [0.15, 0.2) is 0 Å². The van der Waals surface area contributed by atoms with Crippen molar-refractivity contribution < 1.29 is 38.1 Å². The predicted molar refractivity (Wildman–Crippen MR) is 114 cm³/mol. The van der Waals surface area contributed by atoms with Crippen LogP contribution in [0.25, 0.3) is 32.9 Å². The molecule has 0 fully saturated rings. The van der Waals surface area contributed by atoms with Crippen molar-refractivity contribution in [3.63, 3.8) is 0 Å². The van der Waals surface area contributed by atoms with Gasteiger partial charge in [0.05, 0.1) is 22.0 Å². The van der Waals surface area contributed by atoms with Gasteiger partial charge in [-0.15, -0.1) is 0 Å². The van der Waals surface area contributed by atoms with Crippen LogP contribution < -0.4 is 11.5 Å². The van der Waals surface area contributed by atoms with Crippen molar-refractivity contribution in [2.45, 2.75) is 12.7 Å². The number of hydrogen-bond acceptors (Lipinski definition) is 8. The molecule has 0 amide bonds. The number of benzene rings is 2. The van der Waals surface area contributed by atoms with E-state index >= 15 is 0 Å². The number of rotatable bonds is 3. The molecule has 2 heterocycles. The minimum atomic E-state index is -4.61. The predicted octanol–water partition coefficient (Wildman–Crippen LogP) is 1.47. The molecule has 0 radical (unpaired) electrons. The normalized spacial score (nSPS) is 11.3. The van der Waals surface area contributed by atoms with E-state index in [9.17, 15) is 23.1 Å². The van der Waals surface area contributed by atoms with Crippen molar-refractivity contribution in [2.75, 3.05) is 11.5 Å². The van der Waals surface area contributed by atoms with Gasteiger partial charge in [-0.05, 0) is 23.8 Å². The lowest BCUT2D eigenvalue weighted by Crippen LogP contribution is -2.10. The lowest BCUT2D eigenvalue weighted by atomic mass is 9.95. The highest BCUT2D eigenvalue weighted by Crippen LogP contribution is 2.42. The third kappa shape index (κ3) is 4.97. The van der Waals surface area contributed by atoms with E-state index in [0.29, 0.717) is 10.8 Å². The SMILES string of the molecule is Nc1nc(N)c2c(cc(-c3ccccc3C(F)(F)F)c3c2ccn3CC(=O)O)n1.OB(O)O. The Kier molecular flexibility index (Phi) is 6.44. The summed E-state index contributed by atoms with van der Waals surface area (Å²) in [6.07, 6.45) is -3.13. The fraction of sp³-hybridized carbons (Fsp3) is 0.105. The number of hydrogen-bond donors (Lipinski definition) is 6. The minimum Gasteiger partial charge on any atom is -0.480 e. The van der Waals surface area contributed by atoms with Crippen LogP contribution in [0.4, 0.5) is 24.9 Å². The number of halogens is 3. The van der Waals surface area contributed by atoms with Crippen molar-refractivity contribution >= 4 is 46.9 Å². The molecule has 0 aliphatic heterocycles. The highest BCUT2D eigenvalue weighted by atomic mass is 19.4. The largest absolute Gasteiger partial charge is 0.631 e. The summed E-state index contributed by atoms with van der Waals surface area (Å²) >= 11 is 0. The first-order valence-electron chi connectivity index (χ1n) is 9.17. The van der Waals surface area contributed by atoms with Crippen molar-refractivity contribution in [1.29, 1.82) is 0 Å². The van der Waals surface area contributed by atoms with Crippen LogP contribution in [0.15, 0.2) is 42.6 Å². The molecule has 0 spiro atoms. The van der Waals surface area contributed by atoms with Crippen LogP contribution >= 0.6 is 0 Å². The van der Waals surface area contributed by atoms with Gasteiger partial charge < -0.3 is 36.2 Å². The Morgan fingerprint density at radius 2 is 1.70 bits per heavy atom. The van der Waals surface area contributed by atoms with Crippen LogP contribution in [0.5, 0.6) is 0 Å². The van der Waals surface area contributed by atoms with Crippen molar-refractivity contribution in [3.8, 4) is 11.1 Å². The highest BCUT2D eigenvalue weighted by molar-refractivity contribution is 6.30. The van der Waals surface area contributed by atoms with Crippen LogP contribution in [-0.4, -0.2) is 48.0 Å². The first kappa shape index (κ1) is 23.8. The molecular formula is C19H17BF3N5O5. The maximum Gasteiger partial charge on any atom is 0.631 e. The molecule has 0 unspecified atom stereocenters. The van der Waals surface area contributed by atoms with Gasteiger partial charge in [-0.25, -0.2) is 4.98 Å². The van der Waals surface area contributed by atoms with Gasteiger partial charge >= 0.3 is 19.5 Å². The number of fused-ring (bicyclic) bond motifs is 3. The number of carboxylic acids is 1.